The molecule has 0 aromatic rings. The van der Waals surface area contributed by atoms with Gasteiger partial charge in [-0.1, -0.05) is 6.08 Å². The van der Waals surface area contributed by atoms with Gasteiger partial charge >= 0.3 is 0 Å². The zero-order chi connectivity index (χ0) is 12.6. The van der Waals surface area contributed by atoms with Crippen LogP contribution in [0.3, 0.4) is 0 Å². The van der Waals surface area contributed by atoms with E-state index in [1.807, 2.05) is 0 Å². The van der Waals surface area contributed by atoms with Crippen LogP contribution < -0.4 is 0 Å². The molecule has 92 valence electrons. The summed E-state index contributed by atoms with van der Waals surface area (Å²) in [6, 6.07) is 0. The molecule has 0 atom stereocenters. The van der Waals surface area contributed by atoms with Crippen molar-refractivity contribution in [2.45, 2.75) is 52.6 Å². The summed E-state index contributed by atoms with van der Waals surface area (Å²) in [4.78, 5) is 0. The zero-order valence-electron chi connectivity index (χ0n) is 11.6. The predicted molar refractivity (Wildman–Crippen MR) is 74.3 cm³/mol. The van der Waals surface area contributed by atoms with E-state index in [0.29, 0.717) is 0 Å². The zero-order valence-corrected chi connectivity index (χ0v) is 13.6. The van der Waals surface area contributed by atoms with Crippen molar-refractivity contribution in [3.05, 3.63) is 23.2 Å². The molecule has 0 aromatic heterocycles. The summed E-state index contributed by atoms with van der Waals surface area (Å²) in [5, 5.41) is 0. The van der Waals surface area contributed by atoms with Crippen LogP contribution in [-0.4, -0.2) is 16.6 Å². The Kier molecular flexibility index (Phi) is 3.74. The average Bonchev–Trinajstić information content (AvgIpc) is 2.30. The summed E-state index contributed by atoms with van der Waals surface area (Å²) < 4.78 is 12.2. The van der Waals surface area contributed by atoms with Crippen LogP contribution in [0.1, 0.15) is 13.3 Å². The molecule has 1 rings (SSSR count). The van der Waals surface area contributed by atoms with Crippen molar-refractivity contribution in [1.82, 2.24) is 0 Å². The molecule has 0 saturated carbocycles. The third-order valence-corrected chi connectivity index (χ3v) is 3.72. The summed E-state index contributed by atoms with van der Waals surface area (Å²) >= 11 is 0. The van der Waals surface area contributed by atoms with Gasteiger partial charge in [-0.25, -0.2) is 0 Å². The summed E-state index contributed by atoms with van der Waals surface area (Å²) in [6.07, 6.45) is 3.10. The smallest absolute Gasteiger partial charge is 0.242 e. The Bertz CT molecular complexity index is 330. The highest BCUT2D eigenvalue weighted by atomic mass is 28.4. The molecule has 0 aliphatic heterocycles. The third kappa shape index (κ3) is 4.17. The number of allylic oxidation sites excluding steroid dienone is 2. The highest BCUT2D eigenvalue weighted by Crippen LogP contribution is 2.31. The van der Waals surface area contributed by atoms with Gasteiger partial charge in [-0.15, -0.1) is 0 Å². The maximum Gasteiger partial charge on any atom is 0.242 e. The molecule has 0 aromatic carbocycles. The molecule has 0 spiro atoms. The Labute approximate surface area is 102 Å². The van der Waals surface area contributed by atoms with Crippen molar-refractivity contribution >= 4 is 16.6 Å². The van der Waals surface area contributed by atoms with E-state index in [2.05, 4.69) is 52.3 Å². The van der Waals surface area contributed by atoms with Crippen molar-refractivity contribution in [1.29, 1.82) is 0 Å². The molecule has 0 unspecified atom stereocenters. The van der Waals surface area contributed by atoms with Crippen LogP contribution in [0, 0.1) is 0 Å². The number of rotatable bonds is 4. The van der Waals surface area contributed by atoms with Gasteiger partial charge in [0, 0.05) is 6.42 Å². The van der Waals surface area contributed by atoms with E-state index in [0.717, 1.165) is 17.9 Å². The average molecular weight is 256 g/mol. The molecule has 0 saturated heterocycles. The second kappa shape index (κ2) is 4.41. The maximum atomic E-state index is 6.12. The van der Waals surface area contributed by atoms with E-state index in [4.69, 9.17) is 8.85 Å². The number of hydrogen-bond acceptors (Lipinski definition) is 2. The minimum absolute atomic E-state index is 0.899. The quantitative estimate of drug-likeness (QED) is 0.700. The Morgan fingerprint density at radius 2 is 1.44 bits per heavy atom. The Morgan fingerprint density at radius 3 is 1.88 bits per heavy atom. The first-order valence-electron chi connectivity index (χ1n) is 5.87. The van der Waals surface area contributed by atoms with Crippen molar-refractivity contribution < 1.29 is 8.85 Å². The molecule has 0 fully saturated rings. The SMILES string of the molecule is CC1=CCC(O[Si](C)(C)C)=C1O[Si](C)(C)C. The highest BCUT2D eigenvalue weighted by Gasteiger charge is 2.27. The van der Waals surface area contributed by atoms with Gasteiger partial charge in [-0.2, -0.15) is 0 Å². The lowest BCUT2D eigenvalue weighted by Gasteiger charge is -2.26. The lowest BCUT2D eigenvalue weighted by atomic mass is 10.3. The molecular weight excluding hydrogens is 232 g/mol. The maximum absolute atomic E-state index is 6.12. The van der Waals surface area contributed by atoms with E-state index in [-0.39, 0.29) is 0 Å². The van der Waals surface area contributed by atoms with E-state index in [9.17, 15) is 0 Å². The van der Waals surface area contributed by atoms with Gasteiger partial charge in [0.05, 0.1) is 0 Å². The number of hydrogen-bond donors (Lipinski definition) is 0. The van der Waals surface area contributed by atoms with Crippen LogP contribution in [0.25, 0.3) is 0 Å². The van der Waals surface area contributed by atoms with Crippen LogP contribution in [0.5, 0.6) is 0 Å². The molecule has 0 radical (unpaired) electrons. The van der Waals surface area contributed by atoms with Crippen molar-refractivity contribution in [2.24, 2.45) is 0 Å². The van der Waals surface area contributed by atoms with E-state index < -0.39 is 16.6 Å². The van der Waals surface area contributed by atoms with Gasteiger partial charge in [0.25, 0.3) is 0 Å². The lowest BCUT2D eigenvalue weighted by Crippen LogP contribution is -2.28. The van der Waals surface area contributed by atoms with E-state index >= 15 is 0 Å². The molecule has 1 aliphatic rings. The molecular formula is C12H24O2Si2. The van der Waals surface area contributed by atoms with Crippen molar-refractivity contribution in [2.75, 3.05) is 0 Å². The van der Waals surface area contributed by atoms with Gasteiger partial charge in [-0.3, -0.25) is 0 Å². The lowest BCUT2D eigenvalue weighted by molar-refractivity contribution is 0.350. The summed E-state index contributed by atoms with van der Waals surface area (Å²) in [5.74, 6) is 2.07. The molecule has 0 amide bonds. The Morgan fingerprint density at radius 1 is 0.938 bits per heavy atom. The second-order valence-corrected chi connectivity index (χ2v) is 15.1. The predicted octanol–water partition coefficient (Wildman–Crippen LogP) is 4.25. The molecule has 0 bridgehead atoms. The van der Waals surface area contributed by atoms with Crippen LogP contribution in [0.2, 0.25) is 39.3 Å². The van der Waals surface area contributed by atoms with Gasteiger partial charge in [-0.05, 0) is 51.8 Å². The highest BCUT2D eigenvalue weighted by molar-refractivity contribution is 6.70. The van der Waals surface area contributed by atoms with Crippen LogP contribution in [0.15, 0.2) is 23.2 Å². The van der Waals surface area contributed by atoms with Crippen LogP contribution >= 0.6 is 0 Å². The topological polar surface area (TPSA) is 18.5 Å². The van der Waals surface area contributed by atoms with Crippen molar-refractivity contribution in [3.63, 3.8) is 0 Å². The summed E-state index contributed by atoms with van der Waals surface area (Å²) in [7, 11) is -3.07. The monoisotopic (exact) mass is 256 g/mol. The molecule has 2 nitrogen and oxygen atoms in total. The molecule has 16 heavy (non-hydrogen) atoms. The van der Waals surface area contributed by atoms with Gasteiger partial charge in [0.15, 0.2) is 0 Å². The summed E-state index contributed by atoms with van der Waals surface area (Å²) in [6.45, 7) is 15.3. The first-order chi connectivity index (χ1) is 7.08. The Balaban J connectivity index is 2.88. The molecule has 0 N–H and O–H groups in total. The van der Waals surface area contributed by atoms with Gasteiger partial charge < -0.3 is 8.85 Å². The first kappa shape index (κ1) is 13.6. The molecule has 1 aliphatic carbocycles. The normalized spacial score (nSPS) is 17.6. The summed E-state index contributed by atoms with van der Waals surface area (Å²) in [5.41, 5.74) is 1.23. The van der Waals surface area contributed by atoms with Gasteiger partial charge in [0.1, 0.15) is 11.5 Å². The fourth-order valence-electron chi connectivity index (χ4n) is 1.55. The van der Waals surface area contributed by atoms with Gasteiger partial charge in [0.2, 0.25) is 16.6 Å². The fraction of sp³-hybridized carbons (Fsp3) is 0.667. The van der Waals surface area contributed by atoms with E-state index in [1.54, 1.807) is 0 Å². The Hall–Kier alpha value is -0.486. The largest absolute Gasteiger partial charge is 0.544 e. The minimum atomic E-state index is -1.54. The van der Waals surface area contributed by atoms with Crippen molar-refractivity contribution in [3.8, 4) is 0 Å². The minimum Gasteiger partial charge on any atom is -0.544 e. The van der Waals surface area contributed by atoms with Crippen LogP contribution in [0.4, 0.5) is 0 Å². The first-order valence-corrected chi connectivity index (χ1v) is 12.7. The fourth-order valence-corrected chi connectivity index (χ4v) is 3.35. The van der Waals surface area contributed by atoms with E-state index in [1.165, 1.54) is 5.57 Å². The molecule has 4 heteroatoms. The molecule has 0 heterocycles. The second-order valence-electron chi connectivity index (χ2n) is 6.27. The standard InChI is InChI=1S/C12H24O2Si2/c1-10-8-9-11(13-15(2,3)4)12(10)14-16(5,6)7/h8H,9H2,1-7H3. The van der Waals surface area contributed by atoms with Crippen LogP contribution in [-0.2, 0) is 8.85 Å². The third-order valence-electron chi connectivity index (χ3n) is 2.04.